The maximum atomic E-state index is 6.15. The Morgan fingerprint density at radius 1 is 1.19 bits per heavy atom. The van der Waals surface area contributed by atoms with E-state index in [9.17, 15) is 0 Å². The maximum Gasteiger partial charge on any atom is 0.0236 e. The smallest absolute Gasteiger partial charge is 0.0236 e. The second kappa shape index (κ2) is 4.19. The SMILES string of the molecule is NC1CCC2CC1CN2Cc1ccccc1. The minimum Gasteiger partial charge on any atom is -0.327 e. The van der Waals surface area contributed by atoms with E-state index in [1.807, 2.05) is 0 Å². The van der Waals surface area contributed by atoms with Gasteiger partial charge in [0.15, 0.2) is 0 Å². The normalized spacial score (nSPS) is 34.2. The van der Waals surface area contributed by atoms with E-state index >= 15 is 0 Å². The fourth-order valence-corrected chi connectivity index (χ4v) is 3.27. The highest BCUT2D eigenvalue weighted by Gasteiger charge is 2.38. The first-order chi connectivity index (χ1) is 7.83. The van der Waals surface area contributed by atoms with Crippen molar-refractivity contribution in [3.8, 4) is 0 Å². The lowest BCUT2D eigenvalue weighted by molar-refractivity contribution is 0.235. The van der Waals surface area contributed by atoms with Crippen molar-refractivity contribution in [2.24, 2.45) is 11.7 Å². The topological polar surface area (TPSA) is 29.3 Å². The lowest BCUT2D eigenvalue weighted by Gasteiger charge is -2.26. The molecule has 2 heteroatoms. The van der Waals surface area contributed by atoms with Crippen molar-refractivity contribution in [3.05, 3.63) is 35.9 Å². The lowest BCUT2D eigenvalue weighted by atomic mass is 9.86. The number of nitrogens with two attached hydrogens (primary N) is 1. The molecule has 3 unspecified atom stereocenters. The van der Waals surface area contributed by atoms with Gasteiger partial charge in [-0.05, 0) is 30.7 Å². The van der Waals surface area contributed by atoms with Crippen LogP contribution in [0.1, 0.15) is 24.8 Å². The number of likely N-dealkylation sites (tertiary alicyclic amines) is 1. The molecule has 1 aromatic carbocycles. The first-order valence-electron chi connectivity index (χ1n) is 6.36. The zero-order valence-corrected chi connectivity index (χ0v) is 9.68. The third kappa shape index (κ3) is 1.87. The number of hydrogen-bond acceptors (Lipinski definition) is 2. The van der Waals surface area contributed by atoms with E-state index in [0.29, 0.717) is 6.04 Å². The highest BCUT2D eigenvalue weighted by molar-refractivity contribution is 5.15. The standard InChI is InChI=1S/C14H20N2/c15-14-7-6-13-8-12(14)10-16(13)9-11-4-2-1-3-5-11/h1-5,12-14H,6-10,15H2. The number of nitrogens with zero attached hydrogens (tertiary/aromatic N) is 1. The highest BCUT2D eigenvalue weighted by Crippen LogP contribution is 2.35. The second-order valence-corrected chi connectivity index (χ2v) is 5.31. The largest absolute Gasteiger partial charge is 0.327 e. The summed E-state index contributed by atoms with van der Waals surface area (Å²) in [5.41, 5.74) is 7.58. The van der Waals surface area contributed by atoms with E-state index in [4.69, 9.17) is 5.73 Å². The molecule has 2 aliphatic rings. The van der Waals surface area contributed by atoms with Crippen LogP contribution < -0.4 is 5.73 Å². The summed E-state index contributed by atoms with van der Waals surface area (Å²) in [6.45, 7) is 2.31. The molecule has 3 rings (SSSR count). The summed E-state index contributed by atoms with van der Waals surface area (Å²) in [5.74, 6) is 0.752. The van der Waals surface area contributed by atoms with Crippen LogP contribution in [0.3, 0.4) is 0 Å². The second-order valence-electron chi connectivity index (χ2n) is 5.31. The van der Waals surface area contributed by atoms with Gasteiger partial charge in [0.1, 0.15) is 0 Å². The van der Waals surface area contributed by atoms with Gasteiger partial charge in [0.25, 0.3) is 0 Å². The summed E-state index contributed by atoms with van der Waals surface area (Å²) >= 11 is 0. The fourth-order valence-electron chi connectivity index (χ4n) is 3.27. The Morgan fingerprint density at radius 2 is 2.00 bits per heavy atom. The molecule has 1 saturated carbocycles. The zero-order valence-electron chi connectivity index (χ0n) is 9.68. The summed E-state index contributed by atoms with van der Waals surface area (Å²) in [7, 11) is 0. The van der Waals surface area contributed by atoms with E-state index in [0.717, 1.165) is 18.5 Å². The molecule has 3 atom stereocenters. The van der Waals surface area contributed by atoms with Crippen LogP contribution in [0.4, 0.5) is 0 Å². The zero-order chi connectivity index (χ0) is 11.0. The summed E-state index contributed by atoms with van der Waals surface area (Å²) < 4.78 is 0. The van der Waals surface area contributed by atoms with E-state index in [2.05, 4.69) is 35.2 Å². The highest BCUT2D eigenvalue weighted by atomic mass is 15.2. The van der Waals surface area contributed by atoms with Crippen molar-refractivity contribution in [1.82, 2.24) is 4.90 Å². The number of benzene rings is 1. The van der Waals surface area contributed by atoms with Gasteiger partial charge in [0.05, 0.1) is 0 Å². The molecule has 1 aliphatic carbocycles. The van der Waals surface area contributed by atoms with Crippen molar-refractivity contribution >= 4 is 0 Å². The van der Waals surface area contributed by atoms with E-state index in [-0.39, 0.29) is 0 Å². The summed E-state index contributed by atoms with van der Waals surface area (Å²) in [6, 6.07) is 12.0. The maximum absolute atomic E-state index is 6.15. The molecule has 2 bridgehead atoms. The van der Waals surface area contributed by atoms with Crippen LogP contribution in [0.2, 0.25) is 0 Å². The molecule has 2 N–H and O–H groups in total. The van der Waals surface area contributed by atoms with Crippen LogP contribution in [0, 0.1) is 5.92 Å². The van der Waals surface area contributed by atoms with Crippen LogP contribution in [-0.2, 0) is 6.54 Å². The Balaban J connectivity index is 1.69. The molecule has 1 aliphatic heterocycles. The van der Waals surface area contributed by atoms with Gasteiger partial charge in [-0.25, -0.2) is 0 Å². The summed E-state index contributed by atoms with van der Waals surface area (Å²) in [6.07, 6.45) is 3.85. The van der Waals surface area contributed by atoms with Gasteiger partial charge in [-0.3, -0.25) is 4.90 Å². The minimum atomic E-state index is 0.456. The van der Waals surface area contributed by atoms with Gasteiger partial charge in [0, 0.05) is 25.2 Å². The van der Waals surface area contributed by atoms with Crippen molar-refractivity contribution in [3.63, 3.8) is 0 Å². The van der Waals surface area contributed by atoms with Crippen LogP contribution >= 0.6 is 0 Å². The third-order valence-corrected chi connectivity index (χ3v) is 4.23. The number of hydrogen-bond donors (Lipinski definition) is 1. The van der Waals surface area contributed by atoms with Gasteiger partial charge in [-0.15, -0.1) is 0 Å². The first kappa shape index (κ1) is 10.3. The molecule has 2 nitrogen and oxygen atoms in total. The molecule has 0 radical (unpaired) electrons. The predicted molar refractivity (Wildman–Crippen MR) is 66.0 cm³/mol. The van der Waals surface area contributed by atoms with Crippen molar-refractivity contribution in [1.29, 1.82) is 0 Å². The Morgan fingerprint density at radius 3 is 2.75 bits per heavy atom. The Kier molecular flexibility index (Phi) is 2.70. The monoisotopic (exact) mass is 216 g/mol. The van der Waals surface area contributed by atoms with E-state index in [1.54, 1.807) is 0 Å². The van der Waals surface area contributed by atoms with Crippen LogP contribution in [-0.4, -0.2) is 23.5 Å². The van der Waals surface area contributed by atoms with Gasteiger partial charge in [0.2, 0.25) is 0 Å². The molecule has 1 heterocycles. The summed E-state index contributed by atoms with van der Waals surface area (Å²) in [4.78, 5) is 2.63. The molecule has 0 aromatic heterocycles. The Labute approximate surface area is 97.4 Å². The number of fused-ring (bicyclic) bond motifs is 2. The molecule has 16 heavy (non-hydrogen) atoms. The van der Waals surface area contributed by atoms with Crippen molar-refractivity contribution in [2.45, 2.75) is 37.9 Å². The summed E-state index contributed by atoms with van der Waals surface area (Å²) in [5, 5.41) is 0. The van der Waals surface area contributed by atoms with Crippen LogP contribution in [0.25, 0.3) is 0 Å². The lowest BCUT2D eigenvalue weighted by Crippen LogP contribution is -2.33. The quantitative estimate of drug-likeness (QED) is 0.819. The molecule has 86 valence electrons. The van der Waals surface area contributed by atoms with Gasteiger partial charge >= 0.3 is 0 Å². The third-order valence-electron chi connectivity index (χ3n) is 4.23. The molecule has 0 amide bonds. The van der Waals surface area contributed by atoms with Crippen LogP contribution in [0.15, 0.2) is 30.3 Å². The molecular formula is C14H20N2. The fraction of sp³-hybridized carbons (Fsp3) is 0.571. The minimum absolute atomic E-state index is 0.456. The molecule has 1 aromatic rings. The predicted octanol–water partition coefficient (Wildman–Crippen LogP) is 2.00. The number of rotatable bonds is 2. The Hall–Kier alpha value is -0.860. The first-order valence-corrected chi connectivity index (χ1v) is 6.36. The van der Waals surface area contributed by atoms with Crippen molar-refractivity contribution < 1.29 is 0 Å². The van der Waals surface area contributed by atoms with Gasteiger partial charge in [-0.2, -0.15) is 0 Å². The van der Waals surface area contributed by atoms with E-state index < -0.39 is 0 Å². The van der Waals surface area contributed by atoms with Gasteiger partial charge < -0.3 is 5.73 Å². The molecule has 1 saturated heterocycles. The Bertz CT molecular complexity index is 349. The average molecular weight is 216 g/mol. The van der Waals surface area contributed by atoms with Crippen LogP contribution in [0.5, 0.6) is 0 Å². The molecular weight excluding hydrogens is 196 g/mol. The average Bonchev–Trinajstić information content (AvgIpc) is 2.65. The van der Waals surface area contributed by atoms with Gasteiger partial charge in [-0.1, -0.05) is 30.3 Å². The van der Waals surface area contributed by atoms with Crippen molar-refractivity contribution in [2.75, 3.05) is 6.54 Å². The molecule has 0 spiro atoms. The molecule has 2 fully saturated rings. The van der Waals surface area contributed by atoms with E-state index in [1.165, 1.54) is 31.4 Å².